The summed E-state index contributed by atoms with van der Waals surface area (Å²) in [7, 11) is 0.177. The van der Waals surface area contributed by atoms with Gasteiger partial charge in [-0.1, -0.05) is 45.8 Å². The second-order valence-corrected chi connectivity index (χ2v) is 69.5. The van der Waals surface area contributed by atoms with Crippen LogP contribution in [0.25, 0.3) is 0 Å². The van der Waals surface area contributed by atoms with Crippen molar-refractivity contribution in [1.29, 1.82) is 0 Å². The van der Waals surface area contributed by atoms with E-state index in [4.69, 9.17) is 0 Å². The third-order valence-electron chi connectivity index (χ3n) is 12.6. The fourth-order valence-corrected chi connectivity index (χ4v) is 69.5. The van der Waals surface area contributed by atoms with Gasteiger partial charge in [0.25, 0.3) is 0 Å². The average molecular weight is 1270 g/mol. The molecule has 9 aromatic rings. The Balaban J connectivity index is 0.000000152. The Morgan fingerprint density at radius 1 is 0.206 bits per heavy atom. The van der Waals surface area contributed by atoms with Crippen molar-refractivity contribution in [3.05, 3.63) is 273 Å². The van der Waals surface area contributed by atoms with Gasteiger partial charge in [0, 0.05) is 31.6 Å². The molecule has 68 heavy (non-hydrogen) atoms. The van der Waals surface area contributed by atoms with Gasteiger partial charge < -0.3 is 0 Å². The third kappa shape index (κ3) is 15.6. The predicted octanol–water partition coefficient (Wildman–Crippen LogP) is 9.17. The Morgan fingerprint density at radius 3 is 0.382 bits per heavy atom. The summed E-state index contributed by atoms with van der Waals surface area (Å²) >= 11 is -5.94. The monoisotopic (exact) mass is 1270 g/mol. The molecule has 0 amide bonds. The molecule has 6 radical (unpaired) electrons. The molecule has 0 heterocycles. The van der Waals surface area contributed by atoms with Crippen molar-refractivity contribution in [2.45, 2.75) is 45.8 Å². The van der Waals surface area contributed by atoms with E-state index < -0.39 is 65.9 Å². The Kier molecular flexibility index (Phi) is 22.7. The zero-order valence-electron chi connectivity index (χ0n) is 41.0. The van der Waals surface area contributed by atoms with E-state index in [1.165, 1.54) is 32.2 Å². The molecule has 0 aliphatic heterocycles. The summed E-state index contributed by atoms with van der Waals surface area (Å²) in [4.78, 5) is 0. The van der Waals surface area contributed by atoms with Crippen LogP contribution >= 0.6 is 0 Å². The molecule has 7 heteroatoms. The van der Waals surface area contributed by atoms with Crippen molar-refractivity contribution in [1.82, 2.24) is 0 Å². The first kappa shape index (κ1) is 53.6. The fraction of sp³-hybridized carbons (Fsp3) is 0.115. The van der Waals surface area contributed by atoms with Crippen LogP contribution in [0.15, 0.2) is 273 Å². The molecule has 0 aliphatic rings. The molecule has 0 unspecified atom stereocenters. The summed E-state index contributed by atoms with van der Waals surface area (Å²) in [5.41, 5.74) is 0. The van der Waals surface area contributed by atoms with E-state index in [9.17, 15) is 0 Å². The molecule has 338 valence electrons. The van der Waals surface area contributed by atoms with Crippen molar-refractivity contribution < 1.29 is 0 Å². The fourth-order valence-electron chi connectivity index (χ4n) is 8.44. The molecule has 9 aromatic carbocycles. The van der Waals surface area contributed by atoms with E-state index in [1.54, 1.807) is 0 Å². The molecular weight excluding hydrogens is 1200 g/mol. The van der Waals surface area contributed by atoms with Gasteiger partial charge in [-0.05, 0) is 0 Å². The van der Waals surface area contributed by atoms with Gasteiger partial charge in [-0.25, -0.2) is 0 Å². The number of hydrogen-bond donors (Lipinski definition) is 0. The van der Waals surface area contributed by atoms with Crippen LogP contribution in [0.4, 0.5) is 0 Å². The Hall–Kier alpha value is -3.76. The first-order valence-electron chi connectivity index (χ1n) is 23.7. The van der Waals surface area contributed by atoms with Crippen LogP contribution in [0.1, 0.15) is 0 Å². The molecule has 0 aliphatic carbocycles. The van der Waals surface area contributed by atoms with Crippen LogP contribution < -0.4 is 32.2 Å². The normalized spacial score (nSPS) is 11.1. The quantitative estimate of drug-likeness (QED) is 0.107. The van der Waals surface area contributed by atoms with Crippen LogP contribution in [0.3, 0.4) is 0 Å². The Morgan fingerprint density at radius 2 is 0.309 bits per heavy atom. The van der Waals surface area contributed by atoms with Crippen molar-refractivity contribution in [3.8, 4) is 0 Å². The zero-order chi connectivity index (χ0) is 48.0. The van der Waals surface area contributed by atoms with Crippen molar-refractivity contribution in [2.75, 3.05) is 0 Å². The van der Waals surface area contributed by atoms with E-state index in [2.05, 4.69) is 319 Å². The molecule has 0 N–H and O–H groups in total. The number of benzene rings is 9. The number of hydrogen-bond acceptors (Lipinski definition) is 0. The summed E-state index contributed by atoms with van der Waals surface area (Å²) in [5.74, 6) is 0. The molecule has 0 bridgehead atoms. The van der Waals surface area contributed by atoms with Crippen LogP contribution in [-0.4, -0.2) is 90.8 Å². The molecule has 0 aromatic heterocycles. The molecule has 0 saturated carbocycles. The number of rotatable bonds is 12. The maximum absolute atomic E-state index is 2.68. The van der Waals surface area contributed by atoms with Crippen LogP contribution in [0.2, 0.25) is 45.8 Å². The van der Waals surface area contributed by atoms with Gasteiger partial charge in [0.05, 0.1) is 0 Å². The summed E-state index contributed by atoms with van der Waals surface area (Å²) < 4.78 is 13.8. The molecule has 0 nitrogen and oxygen atoms in total. The maximum atomic E-state index is 2.68. The minimum atomic E-state index is -1.98. The first-order chi connectivity index (χ1) is 33.2. The van der Waals surface area contributed by atoms with E-state index in [-0.39, 0.29) is 24.9 Å². The van der Waals surface area contributed by atoms with Gasteiger partial charge in [0.2, 0.25) is 0 Å². The molecular formula is C61H66Si4Sn3. The zero-order valence-corrected chi connectivity index (χ0v) is 53.5. The topological polar surface area (TPSA) is 0 Å². The summed E-state index contributed by atoms with van der Waals surface area (Å²) in [5, 5.41) is 0. The van der Waals surface area contributed by atoms with Crippen molar-refractivity contribution >= 4 is 123 Å². The van der Waals surface area contributed by atoms with Crippen molar-refractivity contribution in [2.24, 2.45) is 0 Å². The van der Waals surface area contributed by atoms with Crippen LogP contribution in [-0.2, 0) is 0 Å². The van der Waals surface area contributed by atoms with E-state index in [0.29, 0.717) is 0 Å². The summed E-state index contributed by atoms with van der Waals surface area (Å²) in [6.07, 6.45) is 0. The van der Waals surface area contributed by atoms with Gasteiger partial charge >= 0.3 is 364 Å². The van der Waals surface area contributed by atoms with Crippen LogP contribution in [0.5, 0.6) is 0 Å². The summed E-state index contributed by atoms with van der Waals surface area (Å²) in [6.45, 7) is 17.3. The van der Waals surface area contributed by atoms with E-state index in [1.807, 2.05) is 0 Å². The van der Waals surface area contributed by atoms with E-state index in [0.717, 1.165) is 0 Å². The van der Waals surface area contributed by atoms with Gasteiger partial charge in [0.15, 0.2) is 0 Å². The summed E-state index contributed by atoms with van der Waals surface area (Å²) in [6, 6.07) is 98.8. The minimum absolute atomic E-state index is 0.0589. The SMILES string of the molecule is C[Si](C)[Si](C)([Si](C)C)[Si](C)C.c1cc[c]([Sn]([c]2ccccc2)[c]2ccccc2)cc1.c1cc[c]([Sn]([c]2ccccc2)[c]2ccccc2)cc1.c1cc[c]([Sn]([c]2ccccc2)[c]2ccccc2)cc1. The van der Waals surface area contributed by atoms with Gasteiger partial charge in [0.1, 0.15) is 0 Å². The Labute approximate surface area is 437 Å². The Bertz CT molecular complexity index is 2110. The molecule has 0 atom stereocenters. The molecule has 0 fully saturated rings. The molecule has 0 spiro atoms. The molecule has 9 rings (SSSR count). The second kappa shape index (κ2) is 28.8. The standard InChI is InChI=1S/C7H21Si4.9C6H5.3Sn/c1-8(2)11(7,9(3)4)10(5)6;9*1-2-4-6-5-3-1;;;/h1-7H3;9*1-5H;;;. The first-order valence-corrected chi connectivity index (χ1v) is 49.5. The van der Waals surface area contributed by atoms with Gasteiger partial charge in [-0.15, -0.1) is 0 Å². The van der Waals surface area contributed by atoms with E-state index >= 15 is 0 Å². The van der Waals surface area contributed by atoms with Gasteiger partial charge in [-0.2, -0.15) is 0 Å². The second-order valence-electron chi connectivity index (χ2n) is 17.5. The molecule has 0 saturated heterocycles. The third-order valence-corrected chi connectivity index (χ3v) is 87.0. The van der Waals surface area contributed by atoms with Crippen LogP contribution in [0, 0.1) is 0 Å². The van der Waals surface area contributed by atoms with Crippen molar-refractivity contribution in [3.63, 3.8) is 0 Å². The van der Waals surface area contributed by atoms with Gasteiger partial charge in [-0.3, -0.25) is 0 Å². The average Bonchev–Trinajstić information content (AvgIpc) is 3.40. The predicted molar refractivity (Wildman–Crippen MR) is 316 cm³/mol.